The van der Waals surface area contributed by atoms with Crippen molar-refractivity contribution in [3.63, 3.8) is 0 Å². The Balaban J connectivity index is 2.02. The number of carbonyl (C=O) groups is 2. The number of amides is 3. The van der Waals surface area contributed by atoms with Gasteiger partial charge in [-0.05, 0) is 20.8 Å². The Morgan fingerprint density at radius 3 is 2.50 bits per heavy atom. The van der Waals surface area contributed by atoms with Crippen LogP contribution in [-0.4, -0.2) is 47.8 Å². The SMILES string of the molecule is CCNC(=O)N1CCC2(CC1)OC(=O)NC2(C)C. The zero-order valence-corrected chi connectivity index (χ0v) is 11.2. The number of ether oxygens (including phenoxy) is 1. The van der Waals surface area contributed by atoms with E-state index >= 15 is 0 Å². The molecule has 2 rings (SSSR count). The fourth-order valence-corrected chi connectivity index (χ4v) is 2.76. The van der Waals surface area contributed by atoms with Gasteiger partial charge in [-0.1, -0.05) is 0 Å². The number of hydrogen-bond acceptors (Lipinski definition) is 3. The topological polar surface area (TPSA) is 70.7 Å². The molecule has 0 saturated carbocycles. The molecule has 0 radical (unpaired) electrons. The van der Waals surface area contributed by atoms with E-state index in [9.17, 15) is 9.59 Å². The van der Waals surface area contributed by atoms with Gasteiger partial charge in [0, 0.05) is 32.5 Å². The van der Waals surface area contributed by atoms with E-state index in [4.69, 9.17) is 4.74 Å². The summed E-state index contributed by atoms with van der Waals surface area (Å²) in [6.07, 6.45) is 0.998. The molecule has 0 unspecified atom stereocenters. The number of piperidine rings is 1. The fraction of sp³-hybridized carbons (Fsp3) is 0.833. The van der Waals surface area contributed by atoms with Crippen LogP contribution in [0.1, 0.15) is 33.6 Å². The minimum Gasteiger partial charge on any atom is -0.440 e. The third-order valence-corrected chi connectivity index (χ3v) is 4.03. The van der Waals surface area contributed by atoms with Crippen LogP contribution in [0.4, 0.5) is 9.59 Å². The maximum absolute atomic E-state index is 11.7. The second-order valence-electron chi connectivity index (χ2n) is 5.46. The van der Waals surface area contributed by atoms with Crippen LogP contribution in [0.2, 0.25) is 0 Å². The summed E-state index contributed by atoms with van der Waals surface area (Å²) in [7, 11) is 0. The summed E-state index contributed by atoms with van der Waals surface area (Å²) in [6, 6.07) is -0.0394. The summed E-state index contributed by atoms with van der Waals surface area (Å²) >= 11 is 0. The first-order valence-corrected chi connectivity index (χ1v) is 6.44. The Labute approximate surface area is 107 Å². The Morgan fingerprint density at radius 1 is 1.44 bits per heavy atom. The second kappa shape index (κ2) is 4.33. The van der Waals surface area contributed by atoms with Gasteiger partial charge in [-0.2, -0.15) is 0 Å². The summed E-state index contributed by atoms with van der Waals surface area (Å²) in [5, 5.41) is 5.63. The largest absolute Gasteiger partial charge is 0.440 e. The number of hydrogen-bond donors (Lipinski definition) is 2. The average molecular weight is 255 g/mol. The number of rotatable bonds is 1. The number of urea groups is 1. The highest BCUT2D eigenvalue weighted by Crippen LogP contribution is 2.40. The van der Waals surface area contributed by atoms with Crippen molar-refractivity contribution in [2.75, 3.05) is 19.6 Å². The van der Waals surface area contributed by atoms with Gasteiger partial charge < -0.3 is 20.3 Å². The zero-order chi connectivity index (χ0) is 13.4. The summed E-state index contributed by atoms with van der Waals surface area (Å²) in [5.74, 6) is 0. The van der Waals surface area contributed by atoms with Crippen molar-refractivity contribution in [3.05, 3.63) is 0 Å². The van der Waals surface area contributed by atoms with E-state index in [-0.39, 0.29) is 17.7 Å². The minimum absolute atomic E-state index is 0.0394. The molecule has 18 heavy (non-hydrogen) atoms. The summed E-state index contributed by atoms with van der Waals surface area (Å²) < 4.78 is 5.48. The first-order chi connectivity index (χ1) is 8.40. The van der Waals surface area contributed by atoms with Crippen LogP contribution in [0.15, 0.2) is 0 Å². The summed E-state index contributed by atoms with van der Waals surface area (Å²) in [4.78, 5) is 24.9. The van der Waals surface area contributed by atoms with Gasteiger partial charge in [-0.3, -0.25) is 0 Å². The van der Waals surface area contributed by atoms with Gasteiger partial charge in [0.2, 0.25) is 0 Å². The highest BCUT2D eigenvalue weighted by Gasteiger charge is 2.56. The molecule has 2 saturated heterocycles. The van der Waals surface area contributed by atoms with Crippen molar-refractivity contribution >= 4 is 12.1 Å². The highest BCUT2D eigenvalue weighted by molar-refractivity contribution is 5.75. The Hall–Kier alpha value is -1.46. The molecule has 0 bridgehead atoms. The van der Waals surface area contributed by atoms with E-state index in [1.807, 2.05) is 20.8 Å². The molecule has 0 atom stereocenters. The molecule has 6 nitrogen and oxygen atoms in total. The number of alkyl carbamates (subject to hydrolysis) is 1. The smallest absolute Gasteiger partial charge is 0.408 e. The van der Waals surface area contributed by atoms with Crippen molar-refractivity contribution in [2.24, 2.45) is 0 Å². The lowest BCUT2D eigenvalue weighted by atomic mass is 9.76. The van der Waals surface area contributed by atoms with Crippen molar-refractivity contribution in [3.8, 4) is 0 Å². The van der Waals surface area contributed by atoms with Crippen LogP contribution in [0.25, 0.3) is 0 Å². The van der Waals surface area contributed by atoms with E-state index in [2.05, 4.69) is 10.6 Å². The molecule has 2 N–H and O–H groups in total. The summed E-state index contributed by atoms with van der Waals surface area (Å²) in [6.45, 7) is 7.70. The molecule has 1 spiro atoms. The molecule has 2 fully saturated rings. The predicted octanol–water partition coefficient (Wildman–Crippen LogP) is 1.07. The van der Waals surface area contributed by atoms with Crippen molar-refractivity contribution in [1.82, 2.24) is 15.5 Å². The first-order valence-electron chi connectivity index (χ1n) is 6.44. The maximum atomic E-state index is 11.7. The molecule has 2 heterocycles. The number of likely N-dealkylation sites (tertiary alicyclic amines) is 1. The normalized spacial score (nSPS) is 24.6. The fourth-order valence-electron chi connectivity index (χ4n) is 2.76. The number of carbonyl (C=O) groups excluding carboxylic acids is 2. The van der Waals surface area contributed by atoms with E-state index in [0.717, 1.165) is 0 Å². The Kier molecular flexibility index (Phi) is 3.12. The lowest BCUT2D eigenvalue weighted by Gasteiger charge is -2.44. The van der Waals surface area contributed by atoms with Gasteiger partial charge in [-0.25, -0.2) is 9.59 Å². The quantitative estimate of drug-likeness (QED) is 0.736. The Morgan fingerprint density at radius 2 is 2.06 bits per heavy atom. The molecule has 2 aliphatic heterocycles. The molecule has 3 amide bonds. The van der Waals surface area contributed by atoms with E-state index in [1.165, 1.54) is 0 Å². The summed E-state index contributed by atoms with van der Waals surface area (Å²) in [5.41, 5.74) is -0.857. The van der Waals surface area contributed by atoms with Crippen LogP contribution in [0.5, 0.6) is 0 Å². The minimum atomic E-state index is -0.479. The van der Waals surface area contributed by atoms with Crippen molar-refractivity contribution < 1.29 is 14.3 Å². The van der Waals surface area contributed by atoms with Gasteiger partial charge in [0.15, 0.2) is 0 Å². The lowest BCUT2D eigenvalue weighted by Crippen LogP contribution is -2.59. The molecule has 0 aromatic heterocycles. The van der Waals surface area contributed by atoms with Crippen LogP contribution in [0.3, 0.4) is 0 Å². The molecule has 0 aromatic carbocycles. The lowest BCUT2D eigenvalue weighted by molar-refractivity contribution is -0.0327. The second-order valence-corrected chi connectivity index (χ2v) is 5.46. The zero-order valence-electron chi connectivity index (χ0n) is 11.2. The monoisotopic (exact) mass is 255 g/mol. The third kappa shape index (κ3) is 2.00. The Bertz CT molecular complexity index is 360. The van der Waals surface area contributed by atoms with Gasteiger partial charge in [0.1, 0.15) is 5.60 Å². The molecular formula is C12H21N3O3. The molecule has 2 aliphatic rings. The molecule has 102 valence electrons. The van der Waals surface area contributed by atoms with E-state index in [1.54, 1.807) is 4.90 Å². The number of nitrogens with zero attached hydrogens (tertiary/aromatic N) is 1. The van der Waals surface area contributed by atoms with E-state index < -0.39 is 5.60 Å². The van der Waals surface area contributed by atoms with Gasteiger partial charge in [0.05, 0.1) is 5.54 Å². The third-order valence-electron chi connectivity index (χ3n) is 4.03. The maximum Gasteiger partial charge on any atom is 0.408 e. The van der Waals surface area contributed by atoms with E-state index in [0.29, 0.717) is 32.5 Å². The van der Waals surface area contributed by atoms with Crippen LogP contribution < -0.4 is 10.6 Å². The van der Waals surface area contributed by atoms with Crippen molar-refractivity contribution in [1.29, 1.82) is 0 Å². The standard InChI is InChI=1S/C12H21N3O3/c1-4-13-9(16)15-7-5-12(6-8-15)11(2,3)14-10(17)18-12/h4-8H2,1-3H3,(H,13,16)(H,14,17). The molecule has 0 aromatic rings. The number of nitrogens with one attached hydrogen (secondary N) is 2. The van der Waals surface area contributed by atoms with Crippen LogP contribution in [-0.2, 0) is 4.74 Å². The van der Waals surface area contributed by atoms with Gasteiger partial charge in [0.25, 0.3) is 0 Å². The predicted molar refractivity (Wildman–Crippen MR) is 66.3 cm³/mol. The first kappa shape index (κ1) is 13.0. The van der Waals surface area contributed by atoms with Crippen molar-refractivity contribution in [2.45, 2.75) is 44.8 Å². The average Bonchev–Trinajstić information content (AvgIpc) is 2.49. The molecular weight excluding hydrogens is 234 g/mol. The molecule has 0 aliphatic carbocycles. The van der Waals surface area contributed by atoms with Crippen LogP contribution in [0, 0.1) is 0 Å². The van der Waals surface area contributed by atoms with Gasteiger partial charge in [-0.15, -0.1) is 0 Å². The van der Waals surface area contributed by atoms with Crippen LogP contribution >= 0.6 is 0 Å². The molecule has 6 heteroatoms. The highest BCUT2D eigenvalue weighted by atomic mass is 16.6. The van der Waals surface area contributed by atoms with Gasteiger partial charge >= 0.3 is 12.1 Å².